The largest absolute Gasteiger partial charge is 0.316 e. The van der Waals surface area contributed by atoms with E-state index in [0.29, 0.717) is 6.04 Å². The minimum absolute atomic E-state index is 0.623. The average molecular weight is 230 g/mol. The predicted molar refractivity (Wildman–Crippen MR) is 69.8 cm³/mol. The van der Waals surface area contributed by atoms with Gasteiger partial charge in [0.1, 0.15) is 0 Å². The summed E-state index contributed by atoms with van der Waals surface area (Å²) < 4.78 is 0. The Hall–Kier alpha value is -0.890. The van der Waals surface area contributed by atoms with Crippen molar-refractivity contribution in [2.75, 3.05) is 7.05 Å². The van der Waals surface area contributed by atoms with Crippen LogP contribution in [0.1, 0.15) is 30.5 Å². The van der Waals surface area contributed by atoms with Crippen molar-refractivity contribution in [2.45, 2.75) is 38.6 Å². The van der Waals surface area contributed by atoms with E-state index >= 15 is 0 Å². The molecule has 0 aromatic carbocycles. The van der Waals surface area contributed by atoms with Gasteiger partial charge in [0.15, 0.2) is 0 Å². The van der Waals surface area contributed by atoms with Crippen molar-refractivity contribution < 1.29 is 0 Å². The summed E-state index contributed by atoms with van der Waals surface area (Å²) in [5.74, 6) is 3.02. The van der Waals surface area contributed by atoms with E-state index in [1.165, 1.54) is 30.5 Å². The highest BCUT2D eigenvalue weighted by atomic mass is 14.9. The van der Waals surface area contributed by atoms with Crippen LogP contribution < -0.4 is 5.32 Å². The van der Waals surface area contributed by atoms with E-state index in [2.05, 4.69) is 36.4 Å². The Balaban J connectivity index is 1.63. The number of rotatable bonds is 4. The number of aryl methyl sites for hydroxylation is 1. The van der Waals surface area contributed by atoms with Gasteiger partial charge in [-0.05, 0) is 62.6 Å². The van der Waals surface area contributed by atoms with E-state index < -0.39 is 0 Å². The topological polar surface area (TPSA) is 24.9 Å². The lowest BCUT2D eigenvalue weighted by Gasteiger charge is -2.24. The van der Waals surface area contributed by atoms with Gasteiger partial charge in [-0.3, -0.25) is 4.98 Å². The van der Waals surface area contributed by atoms with Gasteiger partial charge in [0.05, 0.1) is 0 Å². The highest BCUT2D eigenvalue weighted by Gasteiger charge is 2.47. The van der Waals surface area contributed by atoms with E-state index in [0.717, 1.165) is 24.2 Å². The number of pyridine rings is 1. The molecule has 3 atom stereocenters. The molecule has 1 heterocycles. The SMILES string of the molecule is CNC(Cc1ccc(C)cn1)C1CC2CC2C1. The molecule has 0 amide bonds. The molecule has 0 aliphatic heterocycles. The van der Waals surface area contributed by atoms with Crippen LogP contribution in [0, 0.1) is 24.7 Å². The van der Waals surface area contributed by atoms with Crippen LogP contribution in [0.25, 0.3) is 0 Å². The van der Waals surface area contributed by atoms with E-state index in [-0.39, 0.29) is 0 Å². The monoisotopic (exact) mass is 230 g/mol. The van der Waals surface area contributed by atoms with E-state index in [1.807, 2.05) is 6.20 Å². The molecule has 3 rings (SSSR count). The Morgan fingerprint density at radius 1 is 1.29 bits per heavy atom. The Bertz CT molecular complexity index is 374. The number of hydrogen-bond acceptors (Lipinski definition) is 2. The first-order valence-corrected chi connectivity index (χ1v) is 6.85. The first-order chi connectivity index (χ1) is 8.26. The Morgan fingerprint density at radius 3 is 2.65 bits per heavy atom. The third-order valence-electron chi connectivity index (χ3n) is 4.62. The lowest BCUT2D eigenvalue weighted by molar-refractivity contribution is 0.347. The van der Waals surface area contributed by atoms with Crippen LogP contribution in [0.15, 0.2) is 18.3 Å². The summed E-state index contributed by atoms with van der Waals surface area (Å²) in [6.07, 6.45) is 7.47. The molecule has 1 aromatic rings. The normalized spacial score (nSPS) is 32.2. The number of aromatic nitrogens is 1. The van der Waals surface area contributed by atoms with Crippen LogP contribution in [0.4, 0.5) is 0 Å². The van der Waals surface area contributed by atoms with Crippen LogP contribution in [0.5, 0.6) is 0 Å². The molecular formula is C15H22N2. The second kappa shape index (κ2) is 4.41. The minimum Gasteiger partial charge on any atom is -0.316 e. The lowest BCUT2D eigenvalue weighted by atomic mass is 9.91. The highest BCUT2D eigenvalue weighted by molar-refractivity contribution is 5.14. The van der Waals surface area contributed by atoms with Gasteiger partial charge in [0, 0.05) is 24.4 Å². The molecule has 2 nitrogen and oxygen atoms in total. The van der Waals surface area contributed by atoms with E-state index in [1.54, 1.807) is 0 Å². The van der Waals surface area contributed by atoms with Crippen molar-refractivity contribution in [3.05, 3.63) is 29.6 Å². The van der Waals surface area contributed by atoms with Gasteiger partial charge in [-0.15, -0.1) is 0 Å². The maximum atomic E-state index is 4.53. The van der Waals surface area contributed by atoms with Gasteiger partial charge in [-0.2, -0.15) is 0 Å². The van der Waals surface area contributed by atoms with Gasteiger partial charge >= 0.3 is 0 Å². The van der Waals surface area contributed by atoms with Crippen molar-refractivity contribution in [3.8, 4) is 0 Å². The first kappa shape index (κ1) is 11.2. The van der Waals surface area contributed by atoms with Gasteiger partial charge in [-0.25, -0.2) is 0 Å². The van der Waals surface area contributed by atoms with E-state index in [4.69, 9.17) is 0 Å². The molecule has 92 valence electrons. The summed E-state index contributed by atoms with van der Waals surface area (Å²) in [5, 5.41) is 3.51. The van der Waals surface area contributed by atoms with Gasteiger partial charge in [0.25, 0.3) is 0 Å². The maximum absolute atomic E-state index is 4.53. The third kappa shape index (κ3) is 2.37. The van der Waals surface area contributed by atoms with Crippen molar-refractivity contribution in [1.29, 1.82) is 0 Å². The molecule has 2 fully saturated rings. The molecular weight excluding hydrogens is 208 g/mol. The summed E-state index contributed by atoms with van der Waals surface area (Å²) in [4.78, 5) is 4.53. The maximum Gasteiger partial charge on any atom is 0.0419 e. The van der Waals surface area contributed by atoms with Crippen molar-refractivity contribution >= 4 is 0 Å². The Morgan fingerprint density at radius 2 is 2.06 bits per heavy atom. The quantitative estimate of drug-likeness (QED) is 0.860. The van der Waals surface area contributed by atoms with Crippen molar-refractivity contribution in [2.24, 2.45) is 17.8 Å². The van der Waals surface area contributed by atoms with Crippen molar-refractivity contribution in [1.82, 2.24) is 10.3 Å². The molecule has 2 aliphatic carbocycles. The fraction of sp³-hybridized carbons (Fsp3) is 0.667. The van der Waals surface area contributed by atoms with Crippen LogP contribution >= 0.6 is 0 Å². The zero-order valence-electron chi connectivity index (χ0n) is 10.8. The van der Waals surface area contributed by atoms with Crippen LogP contribution in [-0.4, -0.2) is 18.1 Å². The highest BCUT2D eigenvalue weighted by Crippen LogP contribution is 2.55. The number of fused-ring (bicyclic) bond motifs is 1. The molecule has 0 saturated heterocycles. The van der Waals surface area contributed by atoms with Crippen LogP contribution in [-0.2, 0) is 6.42 Å². The van der Waals surface area contributed by atoms with Crippen molar-refractivity contribution in [3.63, 3.8) is 0 Å². The third-order valence-corrected chi connectivity index (χ3v) is 4.62. The molecule has 2 heteroatoms. The Kier molecular flexibility index (Phi) is 2.91. The Labute approximate surface area is 104 Å². The summed E-state index contributed by atoms with van der Waals surface area (Å²) in [6.45, 7) is 2.09. The molecule has 0 radical (unpaired) electrons. The molecule has 0 bridgehead atoms. The van der Waals surface area contributed by atoms with Gasteiger partial charge < -0.3 is 5.32 Å². The lowest BCUT2D eigenvalue weighted by Crippen LogP contribution is -2.35. The summed E-state index contributed by atoms with van der Waals surface area (Å²) >= 11 is 0. The molecule has 2 saturated carbocycles. The molecule has 3 unspecified atom stereocenters. The van der Waals surface area contributed by atoms with Gasteiger partial charge in [-0.1, -0.05) is 6.07 Å². The van der Waals surface area contributed by atoms with Crippen LogP contribution in [0.3, 0.4) is 0 Å². The summed E-state index contributed by atoms with van der Waals surface area (Å²) in [5.41, 5.74) is 2.48. The zero-order valence-corrected chi connectivity index (χ0v) is 10.8. The number of nitrogens with one attached hydrogen (secondary N) is 1. The second-order valence-electron chi connectivity index (χ2n) is 5.91. The molecule has 1 aromatic heterocycles. The van der Waals surface area contributed by atoms with Crippen LogP contribution in [0.2, 0.25) is 0 Å². The van der Waals surface area contributed by atoms with Gasteiger partial charge in [0.2, 0.25) is 0 Å². The second-order valence-corrected chi connectivity index (χ2v) is 5.91. The summed E-state index contributed by atoms with van der Waals surface area (Å²) in [6, 6.07) is 4.97. The minimum atomic E-state index is 0.623. The molecule has 2 aliphatic rings. The fourth-order valence-electron chi connectivity index (χ4n) is 3.44. The number of hydrogen-bond donors (Lipinski definition) is 1. The standard InChI is InChI=1S/C15H22N2/c1-10-3-4-14(17-9-10)8-15(16-2)13-6-11-5-12(11)7-13/h3-4,9,11-13,15-16H,5-8H2,1-2H3. The predicted octanol–water partition coefficient (Wildman–Crippen LogP) is 2.57. The number of nitrogens with zero attached hydrogens (tertiary/aromatic N) is 1. The molecule has 1 N–H and O–H groups in total. The van der Waals surface area contributed by atoms with E-state index in [9.17, 15) is 0 Å². The zero-order chi connectivity index (χ0) is 11.8. The smallest absolute Gasteiger partial charge is 0.0419 e. The molecule has 17 heavy (non-hydrogen) atoms. The number of likely N-dealkylation sites (N-methyl/N-ethyl adjacent to an activating group) is 1. The fourth-order valence-corrected chi connectivity index (χ4v) is 3.44. The average Bonchev–Trinajstić information content (AvgIpc) is 2.95. The first-order valence-electron chi connectivity index (χ1n) is 6.85. The summed E-state index contributed by atoms with van der Waals surface area (Å²) in [7, 11) is 2.10. The molecule has 0 spiro atoms.